The predicted molar refractivity (Wildman–Crippen MR) is 98.6 cm³/mol. The monoisotopic (exact) mass is 354 g/mol. The zero-order valence-electron chi connectivity index (χ0n) is 15.0. The van der Waals surface area contributed by atoms with Gasteiger partial charge in [0.2, 0.25) is 5.91 Å². The number of likely N-dealkylation sites (N-methyl/N-ethyl adjacent to an activating group) is 1. The number of pyridine rings is 1. The predicted octanol–water partition coefficient (Wildman–Crippen LogP) is 1.56. The topological polar surface area (TPSA) is 82.6 Å². The van der Waals surface area contributed by atoms with Crippen molar-refractivity contribution in [2.75, 3.05) is 32.0 Å². The number of rotatable bonds is 4. The fourth-order valence-electron chi connectivity index (χ4n) is 3.07. The number of anilines is 1. The molecule has 3 amide bonds. The van der Waals surface area contributed by atoms with E-state index in [0.29, 0.717) is 25.2 Å². The second-order valence-electron chi connectivity index (χ2n) is 6.48. The standard InChI is InChI=1S/C19H22N4O3/c1-13-14-6-3-4-7-15(14)20-12-16(13)21-18(25)19(26)22(2)10-11-23-9-5-8-17(23)24/h3-4,6-7,12H,5,8-11H2,1-2H3,(H,21,25). The van der Waals surface area contributed by atoms with Gasteiger partial charge in [-0.2, -0.15) is 0 Å². The highest BCUT2D eigenvalue weighted by Crippen LogP contribution is 2.23. The zero-order valence-corrected chi connectivity index (χ0v) is 15.0. The Hall–Kier alpha value is -2.96. The van der Waals surface area contributed by atoms with Crippen LogP contribution in [-0.2, 0) is 14.4 Å². The van der Waals surface area contributed by atoms with Crippen molar-refractivity contribution in [1.82, 2.24) is 14.8 Å². The fourth-order valence-corrected chi connectivity index (χ4v) is 3.07. The lowest BCUT2D eigenvalue weighted by atomic mass is 10.1. The Labute approximate surface area is 152 Å². The van der Waals surface area contributed by atoms with Crippen LogP contribution in [0.25, 0.3) is 10.9 Å². The SMILES string of the molecule is Cc1c(NC(=O)C(=O)N(C)CCN2CCCC2=O)cnc2ccccc12. The van der Waals surface area contributed by atoms with Gasteiger partial charge in [-0.25, -0.2) is 0 Å². The fraction of sp³-hybridized carbons (Fsp3) is 0.368. The van der Waals surface area contributed by atoms with E-state index in [1.54, 1.807) is 18.1 Å². The molecule has 1 aromatic carbocycles. The number of benzene rings is 1. The van der Waals surface area contributed by atoms with Gasteiger partial charge in [-0.15, -0.1) is 0 Å². The summed E-state index contributed by atoms with van der Waals surface area (Å²) in [5, 5.41) is 3.58. The van der Waals surface area contributed by atoms with E-state index in [9.17, 15) is 14.4 Å². The van der Waals surface area contributed by atoms with Crippen LogP contribution in [0.2, 0.25) is 0 Å². The molecule has 0 radical (unpaired) electrons. The minimum Gasteiger partial charge on any atom is -0.341 e. The molecular formula is C19H22N4O3. The van der Waals surface area contributed by atoms with Gasteiger partial charge in [0.05, 0.1) is 17.4 Å². The maximum absolute atomic E-state index is 12.3. The summed E-state index contributed by atoms with van der Waals surface area (Å²) in [7, 11) is 1.56. The molecule has 0 aliphatic carbocycles. The lowest BCUT2D eigenvalue weighted by Gasteiger charge is -2.21. The number of hydrogen-bond acceptors (Lipinski definition) is 4. The maximum atomic E-state index is 12.3. The number of amides is 3. The smallest absolute Gasteiger partial charge is 0.313 e. The van der Waals surface area contributed by atoms with Crippen molar-refractivity contribution in [3.8, 4) is 0 Å². The van der Waals surface area contributed by atoms with Crippen molar-refractivity contribution in [1.29, 1.82) is 0 Å². The lowest BCUT2D eigenvalue weighted by Crippen LogP contribution is -2.41. The van der Waals surface area contributed by atoms with E-state index in [2.05, 4.69) is 10.3 Å². The van der Waals surface area contributed by atoms with Crippen LogP contribution >= 0.6 is 0 Å². The molecule has 7 heteroatoms. The first-order chi connectivity index (χ1) is 12.5. The second kappa shape index (κ2) is 7.51. The molecule has 3 rings (SSSR count). The molecule has 0 atom stereocenters. The summed E-state index contributed by atoms with van der Waals surface area (Å²) in [6.07, 6.45) is 2.98. The molecule has 1 saturated heterocycles. The second-order valence-corrected chi connectivity index (χ2v) is 6.48. The molecule has 1 aromatic heterocycles. The summed E-state index contributed by atoms with van der Waals surface area (Å²) in [6.45, 7) is 3.37. The number of likely N-dealkylation sites (tertiary alicyclic amines) is 1. The summed E-state index contributed by atoms with van der Waals surface area (Å²) >= 11 is 0. The number of aryl methyl sites for hydroxylation is 1. The van der Waals surface area contributed by atoms with Crippen LogP contribution in [0.1, 0.15) is 18.4 Å². The normalized spacial score (nSPS) is 13.9. The maximum Gasteiger partial charge on any atom is 0.313 e. The Bertz CT molecular complexity index is 865. The molecule has 1 aliphatic heterocycles. The van der Waals surface area contributed by atoms with Crippen molar-refractivity contribution < 1.29 is 14.4 Å². The van der Waals surface area contributed by atoms with Gasteiger partial charge in [-0.1, -0.05) is 18.2 Å². The van der Waals surface area contributed by atoms with Crippen molar-refractivity contribution in [2.24, 2.45) is 0 Å². The molecule has 0 saturated carbocycles. The molecule has 2 aromatic rings. The minimum absolute atomic E-state index is 0.105. The molecular weight excluding hydrogens is 332 g/mol. The van der Waals surface area contributed by atoms with Gasteiger partial charge in [0.15, 0.2) is 0 Å². The van der Waals surface area contributed by atoms with E-state index in [0.717, 1.165) is 29.4 Å². The van der Waals surface area contributed by atoms with Gasteiger partial charge in [0.1, 0.15) is 0 Å². The number of hydrogen-bond donors (Lipinski definition) is 1. The van der Waals surface area contributed by atoms with Gasteiger partial charge in [-0.05, 0) is 25.0 Å². The average molecular weight is 354 g/mol. The molecule has 0 spiro atoms. The third-order valence-electron chi connectivity index (χ3n) is 4.71. The van der Waals surface area contributed by atoms with Gasteiger partial charge in [0, 0.05) is 38.5 Å². The summed E-state index contributed by atoms with van der Waals surface area (Å²) in [6, 6.07) is 7.62. The van der Waals surface area contributed by atoms with E-state index >= 15 is 0 Å². The Balaban J connectivity index is 1.62. The molecule has 1 N–H and O–H groups in total. The zero-order chi connectivity index (χ0) is 18.7. The van der Waals surface area contributed by atoms with Gasteiger partial charge >= 0.3 is 11.8 Å². The number of nitrogens with one attached hydrogen (secondary N) is 1. The van der Waals surface area contributed by atoms with E-state index in [-0.39, 0.29) is 5.91 Å². The molecule has 0 bridgehead atoms. The van der Waals surface area contributed by atoms with Crippen LogP contribution < -0.4 is 5.32 Å². The van der Waals surface area contributed by atoms with E-state index in [1.807, 2.05) is 31.2 Å². The Kier molecular flexibility index (Phi) is 5.16. The van der Waals surface area contributed by atoms with Crippen LogP contribution in [0.4, 0.5) is 5.69 Å². The Morgan fingerprint density at radius 3 is 2.81 bits per heavy atom. The molecule has 1 aliphatic rings. The molecule has 136 valence electrons. The van der Waals surface area contributed by atoms with E-state index in [4.69, 9.17) is 0 Å². The average Bonchev–Trinajstić information content (AvgIpc) is 3.06. The van der Waals surface area contributed by atoms with E-state index in [1.165, 1.54) is 4.90 Å². The number of carbonyl (C=O) groups excluding carboxylic acids is 3. The van der Waals surface area contributed by atoms with Crippen molar-refractivity contribution in [3.05, 3.63) is 36.0 Å². The van der Waals surface area contributed by atoms with Crippen molar-refractivity contribution in [3.63, 3.8) is 0 Å². The highest BCUT2D eigenvalue weighted by Gasteiger charge is 2.23. The lowest BCUT2D eigenvalue weighted by molar-refractivity contribution is -0.142. The van der Waals surface area contributed by atoms with Crippen LogP contribution in [0.5, 0.6) is 0 Å². The number of nitrogens with zero attached hydrogens (tertiary/aromatic N) is 3. The van der Waals surface area contributed by atoms with E-state index < -0.39 is 11.8 Å². The van der Waals surface area contributed by atoms with Gasteiger partial charge in [-0.3, -0.25) is 19.4 Å². The quantitative estimate of drug-likeness (QED) is 0.845. The van der Waals surface area contributed by atoms with Crippen LogP contribution in [-0.4, -0.2) is 59.2 Å². The molecule has 0 unspecified atom stereocenters. The van der Waals surface area contributed by atoms with Gasteiger partial charge < -0.3 is 15.1 Å². The van der Waals surface area contributed by atoms with Gasteiger partial charge in [0.25, 0.3) is 0 Å². The van der Waals surface area contributed by atoms with Crippen LogP contribution in [0.15, 0.2) is 30.5 Å². The number of fused-ring (bicyclic) bond motifs is 1. The number of carbonyl (C=O) groups is 3. The highest BCUT2D eigenvalue weighted by atomic mass is 16.2. The summed E-state index contributed by atoms with van der Waals surface area (Å²) in [4.78, 5) is 43.6. The minimum atomic E-state index is -0.708. The summed E-state index contributed by atoms with van der Waals surface area (Å²) in [5.74, 6) is -1.24. The number of aromatic nitrogens is 1. The summed E-state index contributed by atoms with van der Waals surface area (Å²) in [5.41, 5.74) is 2.22. The molecule has 26 heavy (non-hydrogen) atoms. The first kappa shape index (κ1) is 17.8. The first-order valence-electron chi connectivity index (χ1n) is 8.66. The molecule has 2 heterocycles. The highest BCUT2D eigenvalue weighted by molar-refractivity contribution is 6.39. The molecule has 7 nitrogen and oxygen atoms in total. The van der Waals surface area contributed by atoms with Crippen LogP contribution in [0, 0.1) is 6.92 Å². The first-order valence-corrected chi connectivity index (χ1v) is 8.66. The van der Waals surface area contributed by atoms with Crippen molar-refractivity contribution >= 4 is 34.3 Å². The summed E-state index contributed by atoms with van der Waals surface area (Å²) < 4.78 is 0. The Morgan fingerprint density at radius 1 is 1.31 bits per heavy atom. The van der Waals surface area contributed by atoms with Crippen LogP contribution in [0.3, 0.4) is 0 Å². The van der Waals surface area contributed by atoms with Crippen molar-refractivity contribution in [2.45, 2.75) is 19.8 Å². The Morgan fingerprint density at radius 2 is 2.08 bits per heavy atom. The third-order valence-corrected chi connectivity index (χ3v) is 4.71. The number of para-hydroxylation sites is 1. The largest absolute Gasteiger partial charge is 0.341 e. The molecule has 1 fully saturated rings. The third kappa shape index (κ3) is 3.66.